The number of aromatic nitrogens is 2. The first-order chi connectivity index (χ1) is 20.8. The van der Waals surface area contributed by atoms with Crippen molar-refractivity contribution in [3.63, 3.8) is 0 Å². The summed E-state index contributed by atoms with van der Waals surface area (Å²) in [6, 6.07) is 22.7. The van der Waals surface area contributed by atoms with Gasteiger partial charge in [0.15, 0.2) is 5.13 Å². The fourth-order valence-corrected chi connectivity index (χ4v) is 6.62. The lowest BCUT2D eigenvalue weighted by atomic mass is 9.99. The van der Waals surface area contributed by atoms with Gasteiger partial charge in [-0.2, -0.15) is 5.26 Å². The first-order valence-electron chi connectivity index (χ1n) is 12.6. The second-order valence-electron chi connectivity index (χ2n) is 8.89. The van der Waals surface area contributed by atoms with E-state index in [2.05, 4.69) is 26.1 Å². The highest BCUT2D eigenvalue weighted by molar-refractivity contribution is 8.00. The van der Waals surface area contributed by atoms with Crippen LogP contribution in [0.2, 0.25) is 0 Å². The molecule has 0 unspecified atom stereocenters. The predicted molar refractivity (Wildman–Crippen MR) is 165 cm³/mol. The van der Waals surface area contributed by atoms with Crippen LogP contribution in [0.3, 0.4) is 0 Å². The number of carbonyl (C=O) groups excluding carboxylic acids is 1. The second-order valence-corrected chi connectivity index (χ2v) is 12.4. The van der Waals surface area contributed by atoms with E-state index in [4.69, 9.17) is 4.74 Å². The standard InChI is InChI=1S/C30H22FN5O4S3/c1-40-23-9-5-19(6-10-23)27-16-25(20-3-2-4-21(31)15-20)26(17-32)29(35-27)42-18-28(37)34-22-7-11-24(12-8-22)43(38,39)36-30-33-13-14-41-30/h2-16H,18H2,1H3,(H,33,36)(H,34,37). The third-order valence-corrected chi connectivity index (χ3v) is 9.21. The largest absolute Gasteiger partial charge is 0.497 e. The zero-order chi connectivity index (χ0) is 30.4. The second kappa shape index (κ2) is 13.0. The summed E-state index contributed by atoms with van der Waals surface area (Å²) in [5, 5.41) is 15.0. The molecule has 13 heteroatoms. The molecule has 0 aliphatic carbocycles. The van der Waals surface area contributed by atoms with Crippen LogP contribution in [0.1, 0.15) is 5.56 Å². The molecule has 216 valence electrons. The van der Waals surface area contributed by atoms with Crippen molar-refractivity contribution in [2.24, 2.45) is 0 Å². The van der Waals surface area contributed by atoms with Crippen molar-refractivity contribution in [2.45, 2.75) is 9.92 Å². The molecule has 43 heavy (non-hydrogen) atoms. The van der Waals surface area contributed by atoms with Crippen molar-refractivity contribution in [2.75, 3.05) is 22.9 Å². The number of hydrogen-bond acceptors (Lipinski definition) is 9. The van der Waals surface area contributed by atoms with Gasteiger partial charge in [-0.1, -0.05) is 23.9 Å². The number of benzene rings is 3. The number of carbonyl (C=O) groups is 1. The summed E-state index contributed by atoms with van der Waals surface area (Å²) < 4.78 is 46.9. The monoisotopic (exact) mass is 631 g/mol. The van der Waals surface area contributed by atoms with Crippen LogP contribution in [0.4, 0.5) is 15.2 Å². The van der Waals surface area contributed by atoms with E-state index in [1.54, 1.807) is 42.8 Å². The van der Waals surface area contributed by atoms with Crippen LogP contribution in [0, 0.1) is 17.1 Å². The number of pyridine rings is 1. The Morgan fingerprint density at radius 2 is 1.84 bits per heavy atom. The molecule has 0 aliphatic rings. The van der Waals surface area contributed by atoms with Crippen LogP contribution < -0.4 is 14.8 Å². The van der Waals surface area contributed by atoms with Gasteiger partial charge >= 0.3 is 0 Å². The van der Waals surface area contributed by atoms with Crippen molar-refractivity contribution in [1.29, 1.82) is 5.26 Å². The predicted octanol–water partition coefficient (Wildman–Crippen LogP) is 6.42. The molecule has 5 aromatic rings. The molecule has 3 aromatic carbocycles. The quantitative estimate of drug-likeness (QED) is 0.169. The number of methoxy groups -OCH3 is 1. The van der Waals surface area contributed by atoms with Crippen molar-refractivity contribution >= 4 is 49.8 Å². The van der Waals surface area contributed by atoms with E-state index < -0.39 is 21.7 Å². The van der Waals surface area contributed by atoms with Crippen molar-refractivity contribution < 1.29 is 22.3 Å². The molecule has 0 bridgehead atoms. The molecule has 2 heterocycles. The Balaban J connectivity index is 1.36. The number of rotatable bonds is 10. The molecule has 9 nitrogen and oxygen atoms in total. The summed E-state index contributed by atoms with van der Waals surface area (Å²) in [6.07, 6.45) is 1.49. The third-order valence-electron chi connectivity index (χ3n) is 6.06. The first-order valence-corrected chi connectivity index (χ1v) is 15.9. The summed E-state index contributed by atoms with van der Waals surface area (Å²) in [4.78, 5) is 21.5. The topological polar surface area (TPSA) is 134 Å². The van der Waals surface area contributed by atoms with E-state index >= 15 is 0 Å². The van der Waals surface area contributed by atoms with E-state index in [-0.39, 0.29) is 21.3 Å². The summed E-state index contributed by atoms with van der Waals surface area (Å²) in [7, 11) is -2.27. The van der Waals surface area contributed by atoms with Gasteiger partial charge in [-0.15, -0.1) is 11.3 Å². The SMILES string of the molecule is COc1ccc(-c2cc(-c3cccc(F)c3)c(C#N)c(SCC(=O)Nc3ccc(S(=O)(=O)Nc4nccs4)cc3)n2)cc1. The van der Waals surface area contributed by atoms with Crippen LogP contribution in [-0.4, -0.2) is 37.2 Å². The number of ether oxygens (including phenoxy) is 1. The van der Waals surface area contributed by atoms with Gasteiger partial charge < -0.3 is 10.1 Å². The zero-order valence-electron chi connectivity index (χ0n) is 22.4. The minimum atomic E-state index is -3.83. The Bertz CT molecular complexity index is 1910. The summed E-state index contributed by atoms with van der Waals surface area (Å²) in [5.41, 5.74) is 2.86. The highest BCUT2D eigenvalue weighted by Gasteiger charge is 2.19. The minimum Gasteiger partial charge on any atom is -0.497 e. The van der Waals surface area contributed by atoms with Crippen molar-refractivity contribution in [3.8, 4) is 34.2 Å². The molecule has 0 aliphatic heterocycles. The molecule has 0 saturated heterocycles. The normalized spacial score (nSPS) is 11.0. The fraction of sp³-hybridized carbons (Fsp3) is 0.0667. The number of anilines is 2. The molecule has 0 saturated carbocycles. The van der Waals surface area contributed by atoms with Crippen LogP contribution in [-0.2, 0) is 14.8 Å². The zero-order valence-corrected chi connectivity index (χ0v) is 24.9. The Morgan fingerprint density at radius 1 is 1.07 bits per heavy atom. The number of nitrogens with one attached hydrogen (secondary N) is 2. The molecule has 0 atom stereocenters. The minimum absolute atomic E-state index is 0.0122. The summed E-state index contributed by atoms with van der Waals surface area (Å²) in [5.74, 6) is -0.275. The molecule has 0 spiro atoms. The van der Waals surface area contributed by atoms with Gasteiger partial charge in [-0.25, -0.2) is 22.8 Å². The molecule has 5 rings (SSSR count). The Hall–Kier alpha value is -4.77. The van der Waals surface area contributed by atoms with Gasteiger partial charge in [0.1, 0.15) is 22.7 Å². The molecular weight excluding hydrogens is 610 g/mol. The van der Waals surface area contributed by atoms with E-state index in [0.29, 0.717) is 33.3 Å². The average molecular weight is 632 g/mol. The average Bonchev–Trinajstić information content (AvgIpc) is 3.52. The van der Waals surface area contributed by atoms with Gasteiger partial charge in [0.25, 0.3) is 10.0 Å². The Kier molecular flexibility index (Phi) is 9.01. The van der Waals surface area contributed by atoms with E-state index in [9.17, 15) is 22.9 Å². The molecule has 1 amide bonds. The van der Waals surface area contributed by atoms with Gasteiger partial charge in [-0.3, -0.25) is 9.52 Å². The maximum Gasteiger partial charge on any atom is 0.263 e. The number of halogens is 1. The number of hydrogen-bond donors (Lipinski definition) is 2. The highest BCUT2D eigenvalue weighted by atomic mass is 32.2. The lowest BCUT2D eigenvalue weighted by Gasteiger charge is -2.13. The van der Waals surface area contributed by atoms with Gasteiger partial charge in [0.05, 0.1) is 29.0 Å². The smallest absolute Gasteiger partial charge is 0.263 e. The van der Waals surface area contributed by atoms with E-state index in [1.807, 2.05) is 12.1 Å². The summed E-state index contributed by atoms with van der Waals surface area (Å²) in [6.45, 7) is 0. The number of nitriles is 1. The first kappa shape index (κ1) is 29.7. The van der Waals surface area contributed by atoms with Crippen LogP contribution in [0.15, 0.2) is 100 Å². The fourth-order valence-electron chi connectivity index (χ4n) is 4.02. The maximum absolute atomic E-state index is 14.1. The molecule has 2 N–H and O–H groups in total. The molecule has 0 radical (unpaired) electrons. The van der Waals surface area contributed by atoms with Crippen LogP contribution in [0.5, 0.6) is 5.75 Å². The van der Waals surface area contributed by atoms with E-state index in [1.165, 1.54) is 42.6 Å². The lowest BCUT2D eigenvalue weighted by Crippen LogP contribution is -2.15. The number of thioether (sulfide) groups is 1. The third kappa shape index (κ3) is 7.18. The lowest BCUT2D eigenvalue weighted by molar-refractivity contribution is -0.113. The van der Waals surface area contributed by atoms with Gasteiger partial charge in [0, 0.05) is 28.4 Å². The number of sulfonamides is 1. The van der Waals surface area contributed by atoms with Gasteiger partial charge in [-0.05, 0) is 72.3 Å². The van der Waals surface area contributed by atoms with Gasteiger partial charge in [0.2, 0.25) is 5.91 Å². The highest BCUT2D eigenvalue weighted by Crippen LogP contribution is 2.35. The Labute approximate surface area is 255 Å². The maximum atomic E-state index is 14.1. The number of nitrogens with zero attached hydrogens (tertiary/aromatic N) is 3. The van der Waals surface area contributed by atoms with Crippen molar-refractivity contribution in [3.05, 3.63) is 102 Å². The number of thiazole rings is 1. The van der Waals surface area contributed by atoms with Crippen LogP contribution >= 0.6 is 23.1 Å². The van der Waals surface area contributed by atoms with Crippen LogP contribution in [0.25, 0.3) is 22.4 Å². The number of amides is 1. The molecular formula is C30H22FN5O4S3. The summed E-state index contributed by atoms with van der Waals surface area (Å²) >= 11 is 2.22. The Morgan fingerprint density at radius 3 is 2.49 bits per heavy atom. The van der Waals surface area contributed by atoms with Crippen molar-refractivity contribution in [1.82, 2.24) is 9.97 Å². The molecule has 2 aromatic heterocycles. The van der Waals surface area contributed by atoms with E-state index in [0.717, 1.165) is 28.7 Å². The molecule has 0 fully saturated rings.